The Hall–Kier alpha value is -2.12. The van der Waals surface area contributed by atoms with Crippen molar-refractivity contribution < 1.29 is 13.9 Å². The highest BCUT2D eigenvalue weighted by atomic mass is 16.5. The minimum atomic E-state index is -0.153. The smallest absolute Gasteiger partial charge is 0.260 e. The fourth-order valence-electron chi connectivity index (χ4n) is 3.27. The molecule has 128 valence electrons. The second-order valence-electron chi connectivity index (χ2n) is 6.31. The van der Waals surface area contributed by atoms with Gasteiger partial charge in [0.1, 0.15) is 23.7 Å². The van der Waals surface area contributed by atoms with Gasteiger partial charge in [0.25, 0.3) is 5.91 Å². The SMILES string of the molecule is O=C(Nc1cnc2n1CCCC2)c1coc(CN2CCOCC2)c1. The van der Waals surface area contributed by atoms with E-state index in [4.69, 9.17) is 9.15 Å². The van der Waals surface area contributed by atoms with Crippen LogP contribution in [0.25, 0.3) is 0 Å². The van der Waals surface area contributed by atoms with Crippen LogP contribution >= 0.6 is 0 Å². The zero-order chi connectivity index (χ0) is 16.4. The topological polar surface area (TPSA) is 72.5 Å². The third-order valence-electron chi connectivity index (χ3n) is 4.61. The predicted octanol–water partition coefficient (Wildman–Crippen LogP) is 1.90. The third kappa shape index (κ3) is 3.22. The molecule has 0 unspecified atom stereocenters. The van der Waals surface area contributed by atoms with Crippen molar-refractivity contribution in [2.45, 2.75) is 32.4 Å². The number of imidazole rings is 1. The molecule has 2 aromatic heterocycles. The van der Waals surface area contributed by atoms with Crippen molar-refractivity contribution >= 4 is 11.7 Å². The number of ether oxygens (including phenoxy) is 1. The maximum atomic E-state index is 12.5. The van der Waals surface area contributed by atoms with Crippen LogP contribution in [0.4, 0.5) is 5.82 Å². The summed E-state index contributed by atoms with van der Waals surface area (Å²) in [7, 11) is 0. The molecule has 0 radical (unpaired) electrons. The summed E-state index contributed by atoms with van der Waals surface area (Å²) in [4.78, 5) is 19.1. The Morgan fingerprint density at radius 2 is 2.12 bits per heavy atom. The Labute approximate surface area is 140 Å². The van der Waals surface area contributed by atoms with E-state index in [9.17, 15) is 4.79 Å². The van der Waals surface area contributed by atoms with Crippen molar-refractivity contribution in [1.29, 1.82) is 0 Å². The first-order valence-electron chi connectivity index (χ1n) is 8.53. The number of hydrogen-bond acceptors (Lipinski definition) is 5. The van der Waals surface area contributed by atoms with Crippen molar-refractivity contribution in [2.24, 2.45) is 0 Å². The largest absolute Gasteiger partial charge is 0.467 e. The number of carbonyl (C=O) groups excluding carboxylic acids is 1. The molecule has 1 N–H and O–H groups in total. The van der Waals surface area contributed by atoms with Gasteiger partial charge in [0.15, 0.2) is 0 Å². The normalized spacial score (nSPS) is 18.3. The van der Waals surface area contributed by atoms with Crippen LogP contribution in [-0.2, 0) is 24.2 Å². The number of carbonyl (C=O) groups is 1. The lowest BCUT2D eigenvalue weighted by Crippen LogP contribution is -2.35. The molecule has 0 bridgehead atoms. The highest BCUT2D eigenvalue weighted by molar-refractivity contribution is 6.03. The minimum Gasteiger partial charge on any atom is -0.467 e. The van der Waals surface area contributed by atoms with Gasteiger partial charge >= 0.3 is 0 Å². The Morgan fingerprint density at radius 1 is 1.25 bits per heavy atom. The second kappa shape index (κ2) is 6.78. The summed E-state index contributed by atoms with van der Waals surface area (Å²) in [6, 6.07) is 1.82. The number of nitrogens with zero attached hydrogens (tertiary/aromatic N) is 3. The van der Waals surface area contributed by atoms with Gasteiger partial charge in [-0.15, -0.1) is 0 Å². The summed E-state index contributed by atoms with van der Waals surface area (Å²) >= 11 is 0. The molecule has 1 saturated heterocycles. The van der Waals surface area contributed by atoms with E-state index < -0.39 is 0 Å². The monoisotopic (exact) mass is 330 g/mol. The molecule has 2 aliphatic rings. The number of anilines is 1. The molecule has 7 nitrogen and oxygen atoms in total. The van der Waals surface area contributed by atoms with E-state index >= 15 is 0 Å². The van der Waals surface area contributed by atoms with Crippen LogP contribution in [0.3, 0.4) is 0 Å². The van der Waals surface area contributed by atoms with E-state index in [-0.39, 0.29) is 5.91 Å². The molecule has 2 aliphatic heterocycles. The molecule has 0 aromatic carbocycles. The van der Waals surface area contributed by atoms with Gasteiger partial charge < -0.3 is 19.0 Å². The van der Waals surface area contributed by atoms with Gasteiger partial charge in [-0.25, -0.2) is 4.98 Å². The van der Waals surface area contributed by atoms with Crippen molar-refractivity contribution in [3.8, 4) is 0 Å². The van der Waals surface area contributed by atoms with E-state index in [1.165, 1.54) is 6.26 Å². The van der Waals surface area contributed by atoms with Crippen molar-refractivity contribution in [2.75, 3.05) is 31.6 Å². The van der Waals surface area contributed by atoms with E-state index in [1.807, 2.05) is 6.07 Å². The Morgan fingerprint density at radius 3 is 3.00 bits per heavy atom. The first-order valence-corrected chi connectivity index (χ1v) is 8.53. The third-order valence-corrected chi connectivity index (χ3v) is 4.61. The number of aryl methyl sites for hydroxylation is 1. The summed E-state index contributed by atoms with van der Waals surface area (Å²) in [6.07, 6.45) is 6.54. The maximum Gasteiger partial charge on any atom is 0.260 e. The number of rotatable bonds is 4. The lowest BCUT2D eigenvalue weighted by Gasteiger charge is -2.25. The van der Waals surface area contributed by atoms with Crippen LogP contribution < -0.4 is 5.32 Å². The molecular formula is C17H22N4O3. The van der Waals surface area contributed by atoms with Crippen LogP contribution in [0.2, 0.25) is 0 Å². The molecule has 1 amide bonds. The Bertz CT molecular complexity index is 715. The van der Waals surface area contributed by atoms with E-state index in [2.05, 4.69) is 19.8 Å². The molecule has 0 spiro atoms. The average Bonchev–Trinajstić information content (AvgIpc) is 3.24. The number of furan rings is 1. The second-order valence-corrected chi connectivity index (χ2v) is 6.31. The molecule has 2 aromatic rings. The van der Waals surface area contributed by atoms with Gasteiger partial charge in [0.05, 0.1) is 31.5 Å². The van der Waals surface area contributed by atoms with Gasteiger partial charge in [-0.1, -0.05) is 0 Å². The quantitative estimate of drug-likeness (QED) is 0.927. The lowest BCUT2D eigenvalue weighted by atomic mass is 10.2. The molecule has 4 rings (SSSR count). The molecular weight excluding hydrogens is 308 g/mol. The fraction of sp³-hybridized carbons (Fsp3) is 0.529. The number of morpholine rings is 1. The molecule has 7 heteroatoms. The van der Waals surface area contributed by atoms with Crippen LogP contribution in [0.1, 0.15) is 34.8 Å². The van der Waals surface area contributed by atoms with Crippen molar-refractivity contribution in [3.63, 3.8) is 0 Å². The van der Waals surface area contributed by atoms with Crippen LogP contribution in [0.5, 0.6) is 0 Å². The fourth-order valence-corrected chi connectivity index (χ4v) is 3.27. The van der Waals surface area contributed by atoms with Crippen LogP contribution in [0.15, 0.2) is 22.9 Å². The zero-order valence-electron chi connectivity index (χ0n) is 13.7. The molecule has 4 heterocycles. The molecule has 24 heavy (non-hydrogen) atoms. The first-order chi connectivity index (χ1) is 11.8. The predicted molar refractivity (Wildman–Crippen MR) is 87.9 cm³/mol. The number of fused-ring (bicyclic) bond motifs is 1. The van der Waals surface area contributed by atoms with Crippen molar-refractivity contribution in [3.05, 3.63) is 35.7 Å². The van der Waals surface area contributed by atoms with Gasteiger partial charge in [0.2, 0.25) is 0 Å². The van der Waals surface area contributed by atoms with Crippen molar-refractivity contribution in [1.82, 2.24) is 14.5 Å². The summed E-state index contributed by atoms with van der Waals surface area (Å²) < 4.78 is 13.0. The van der Waals surface area contributed by atoms with E-state index in [1.54, 1.807) is 6.20 Å². The first kappa shape index (κ1) is 15.4. The van der Waals surface area contributed by atoms with Gasteiger partial charge in [-0.2, -0.15) is 0 Å². The lowest BCUT2D eigenvalue weighted by molar-refractivity contribution is 0.0313. The standard InChI is InChI=1S/C17H22N4O3/c22-17(19-16-10-18-15-3-1-2-4-21(15)16)13-9-14(24-12-13)11-20-5-7-23-8-6-20/h9-10,12H,1-8,11H2,(H,19,22). The van der Waals surface area contributed by atoms with Gasteiger partial charge in [-0.05, 0) is 18.9 Å². The summed E-state index contributed by atoms with van der Waals surface area (Å²) in [5.41, 5.74) is 0.546. The van der Waals surface area contributed by atoms with Gasteiger partial charge in [0, 0.05) is 26.1 Å². The maximum absolute atomic E-state index is 12.5. The molecule has 0 aliphatic carbocycles. The highest BCUT2D eigenvalue weighted by Gasteiger charge is 2.18. The van der Waals surface area contributed by atoms with Crippen LogP contribution in [-0.4, -0.2) is 46.7 Å². The molecule has 0 atom stereocenters. The van der Waals surface area contributed by atoms with Gasteiger partial charge in [-0.3, -0.25) is 9.69 Å². The summed E-state index contributed by atoms with van der Waals surface area (Å²) in [5, 5.41) is 2.95. The Balaban J connectivity index is 1.40. The molecule has 1 fully saturated rings. The van der Waals surface area contributed by atoms with Crippen LogP contribution in [0, 0.1) is 0 Å². The highest BCUT2D eigenvalue weighted by Crippen LogP contribution is 2.20. The number of amides is 1. The summed E-state index contributed by atoms with van der Waals surface area (Å²) in [6.45, 7) is 4.91. The Kier molecular flexibility index (Phi) is 4.36. The van der Waals surface area contributed by atoms with E-state index in [0.29, 0.717) is 12.1 Å². The molecule has 0 saturated carbocycles. The number of hydrogen-bond donors (Lipinski definition) is 1. The number of nitrogens with one attached hydrogen (secondary N) is 1. The average molecular weight is 330 g/mol. The van der Waals surface area contributed by atoms with E-state index in [0.717, 1.165) is 69.5 Å². The minimum absolute atomic E-state index is 0.153. The zero-order valence-corrected chi connectivity index (χ0v) is 13.7. The summed E-state index contributed by atoms with van der Waals surface area (Å²) in [5.74, 6) is 2.47. The number of aromatic nitrogens is 2.